The molecular formula is C16H19BrS. The summed E-state index contributed by atoms with van der Waals surface area (Å²) in [5.74, 6) is 0. The molecule has 0 amide bonds. The van der Waals surface area contributed by atoms with Crippen LogP contribution in [0.2, 0.25) is 0 Å². The van der Waals surface area contributed by atoms with Gasteiger partial charge in [-0.25, -0.2) is 0 Å². The molecule has 0 unspecified atom stereocenters. The van der Waals surface area contributed by atoms with E-state index in [1.54, 1.807) is 0 Å². The molecule has 96 valence electrons. The van der Waals surface area contributed by atoms with Gasteiger partial charge < -0.3 is 0 Å². The first-order valence-electron chi connectivity index (χ1n) is 6.63. The zero-order valence-corrected chi connectivity index (χ0v) is 13.2. The maximum absolute atomic E-state index is 3.48. The molecule has 2 aromatic rings. The van der Waals surface area contributed by atoms with Crippen LogP contribution in [-0.2, 0) is 6.42 Å². The number of hydrogen-bond donors (Lipinski definition) is 0. The van der Waals surface area contributed by atoms with E-state index in [0.717, 1.165) is 4.47 Å². The molecular weight excluding hydrogens is 304 g/mol. The van der Waals surface area contributed by atoms with Gasteiger partial charge in [-0.2, -0.15) is 0 Å². The van der Waals surface area contributed by atoms with E-state index in [1.807, 2.05) is 11.3 Å². The van der Waals surface area contributed by atoms with Crippen molar-refractivity contribution in [3.05, 3.63) is 45.7 Å². The summed E-state index contributed by atoms with van der Waals surface area (Å²) >= 11 is 5.33. The predicted molar refractivity (Wildman–Crippen MR) is 85.3 cm³/mol. The minimum Gasteiger partial charge on any atom is -0.144 e. The molecule has 0 radical (unpaired) electrons. The van der Waals surface area contributed by atoms with Gasteiger partial charge in [0.15, 0.2) is 0 Å². The average Bonchev–Trinajstić information content (AvgIpc) is 2.84. The first-order chi connectivity index (χ1) is 8.79. The Morgan fingerprint density at radius 3 is 2.56 bits per heavy atom. The molecule has 18 heavy (non-hydrogen) atoms. The van der Waals surface area contributed by atoms with E-state index in [1.165, 1.54) is 48.1 Å². The van der Waals surface area contributed by atoms with E-state index in [9.17, 15) is 0 Å². The van der Waals surface area contributed by atoms with Crippen LogP contribution in [0, 0.1) is 0 Å². The smallest absolute Gasteiger partial charge is 0.0345 e. The molecule has 0 bridgehead atoms. The van der Waals surface area contributed by atoms with Crippen LogP contribution in [0.5, 0.6) is 0 Å². The summed E-state index contributed by atoms with van der Waals surface area (Å²) in [5.41, 5.74) is 2.82. The van der Waals surface area contributed by atoms with E-state index in [0.29, 0.717) is 0 Å². The molecule has 0 nitrogen and oxygen atoms in total. The van der Waals surface area contributed by atoms with Crippen LogP contribution in [0.25, 0.3) is 10.4 Å². The lowest BCUT2D eigenvalue weighted by atomic mass is 10.1. The van der Waals surface area contributed by atoms with Gasteiger partial charge in [0.2, 0.25) is 0 Å². The highest BCUT2D eigenvalue weighted by molar-refractivity contribution is 9.10. The lowest BCUT2D eigenvalue weighted by Crippen LogP contribution is -1.82. The van der Waals surface area contributed by atoms with Gasteiger partial charge in [0.25, 0.3) is 0 Å². The Labute approximate surface area is 122 Å². The molecule has 1 aromatic heterocycles. The first-order valence-corrected chi connectivity index (χ1v) is 8.30. The van der Waals surface area contributed by atoms with Crippen molar-refractivity contribution in [3.8, 4) is 10.4 Å². The van der Waals surface area contributed by atoms with Gasteiger partial charge in [0.1, 0.15) is 0 Å². The molecule has 0 spiro atoms. The molecule has 2 rings (SSSR count). The van der Waals surface area contributed by atoms with E-state index >= 15 is 0 Å². The van der Waals surface area contributed by atoms with Crippen molar-refractivity contribution < 1.29 is 0 Å². The molecule has 2 heteroatoms. The van der Waals surface area contributed by atoms with Crippen LogP contribution in [0.3, 0.4) is 0 Å². The highest BCUT2D eigenvalue weighted by atomic mass is 79.9. The van der Waals surface area contributed by atoms with Gasteiger partial charge in [0.05, 0.1) is 0 Å². The lowest BCUT2D eigenvalue weighted by molar-refractivity contribution is 0.667. The lowest BCUT2D eigenvalue weighted by Gasteiger charge is -1.98. The Morgan fingerprint density at radius 1 is 1.06 bits per heavy atom. The van der Waals surface area contributed by atoms with Crippen LogP contribution < -0.4 is 0 Å². The van der Waals surface area contributed by atoms with Gasteiger partial charge in [-0.3, -0.25) is 0 Å². The second-order valence-electron chi connectivity index (χ2n) is 4.64. The SMILES string of the molecule is CCCCCCc1csc(-c2ccc(Br)cc2)c1. The molecule has 1 heterocycles. The Balaban J connectivity index is 1.95. The topological polar surface area (TPSA) is 0 Å². The number of aryl methyl sites for hydroxylation is 1. The van der Waals surface area contributed by atoms with E-state index in [4.69, 9.17) is 0 Å². The molecule has 0 atom stereocenters. The molecule has 0 aliphatic heterocycles. The molecule has 1 aromatic carbocycles. The third kappa shape index (κ3) is 3.96. The van der Waals surface area contributed by atoms with Crippen LogP contribution in [0.4, 0.5) is 0 Å². The van der Waals surface area contributed by atoms with Crippen molar-refractivity contribution >= 4 is 27.3 Å². The second-order valence-corrected chi connectivity index (χ2v) is 6.46. The van der Waals surface area contributed by atoms with Crippen molar-refractivity contribution in [2.24, 2.45) is 0 Å². The Kier molecular flexibility index (Phi) is 5.45. The summed E-state index contributed by atoms with van der Waals surface area (Å²) in [5, 5.41) is 2.31. The number of hydrogen-bond acceptors (Lipinski definition) is 1. The minimum atomic E-state index is 1.14. The summed E-state index contributed by atoms with van der Waals surface area (Å²) in [6.45, 7) is 2.26. The average molecular weight is 323 g/mol. The third-order valence-corrected chi connectivity index (χ3v) is 4.66. The molecule has 0 fully saturated rings. The van der Waals surface area contributed by atoms with E-state index in [-0.39, 0.29) is 0 Å². The fourth-order valence-corrected chi connectivity index (χ4v) is 3.25. The quantitative estimate of drug-likeness (QED) is 0.547. The van der Waals surface area contributed by atoms with Crippen molar-refractivity contribution in [2.45, 2.75) is 39.0 Å². The summed E-state index contributed by atoms with van der Waals surface area (Å²) in [6, 6.07) is 10.9. The standard InChI is InChI=1S/C16H19BrS/c1-2-3-4-5-6-13-11-16(18-12-13)14-7-9-15(17)10-8-14/h7-12H,2-6H2,1H3. The third-order valence-electron chi connectivity index (χ3n) is 3.10. The highest BCUT2D eigenvalue weighted by Gasteiger charge is 2.02. The van der Waals surface area contributed by atoms with Crippen molar-refractivity contribution in [2.75, 3.05) is 0 Å². The molecule has 0 N–H and O–H groups in total. The van der Waals surface area contributed by atoms with Crippen LogP contribution in [-0.4, -0.2) is 0 Å². The molecule has 0 saturated carbocycles. The monoisotopic (exact) mass is 322 g/mol. The zero-order valence-electron chi connectivity index (χ0n) is 10.8. The number of thiophene rings is 1. The second kappa shape index (κ2) is 7.10. The van der Waals surface area contributed by atoms with Crippen molar-refractivity contribution in [1.29, 1.82) is 0 Å². The van der Waals surface area contributed by atoms with E-state index < -0.39 is 0 Å². The van der Waals surface area contributed by atoms with Crippen LogP contribution >= 0.6 is 27.3 Å². The first kappa shape index (κ1) is 13.8. The number of benzene rings is 1. The molecule has 0 saturated heterocycles. The maximum Gasteiger partial charge on any atom is 0.0345 e. The Bertz CT molecular complexity index is 470. The fraction of sp³-hybridized carbons (Fsp3) is 0.375. The maximum atomic E-state index is 3.48. The minimum absolute atomic E-state index is 1.14. The Morgan fingerprint density at radius 2 is 1.83 bits per heavy atom. The zero-order chi connectivity index (χ0) is 12.8. The van der Waals surface area contributed by atoms with Crippen LogP contribution in [0.15, 0.2) is 40.2 Å². The predicted octanol–water partition coefficient (Wildman–Crippen LogP) is 6.30. The van der Waals surface area contributed by atoms with Gasteiger partial charge in [0, 0.05) is 9.35 Å². The summed E-state index contributed by atoms with van der Waals surface area (Å²) in [7, 11) is 0. The largest absolute Gasteiger partial charge is 0.144 e. The fourth-order valence-electron chi connectivity index (χ4n) is 2.03. The molecule has 0 aliphatic rings. The number of unbranched alkanes of at least 4 members (excludes halogenated alkanes) is 3. The van der Waals surface area contributed by atoms with Gasteiger partial charge in [-0.05, 0) is 47.5 Å². The number of halogens is 1. The van der Waals surface area contributed by atoms with E-state index in [2.05, 4.69) is 58.6 Å². The van der Waals surface area contributed by atoms with Crippen LogP contribution in [0.1, 0.15) is 38.2 Å². The van der Waals surface area contributed by atoms with Gasteiger partial charge in [-0.1, -0.05) is 54.2 Å². The van der Waals surface area contributed by atoms with Crippen molar-refractivity contribution in [3.63, 3.8) is 0 Å². The summed E-state index contributed by atoms with van der Waals surface area (Å²) in [6.07, 6.45) is 6.59. The molecule has 0 aliphatic carbocycles. The number of rotatable bonds is 6. The normalized spacial score (nSPS) is 10.8. The summed E-state index contributed by atoms with van der Waals surface area (Å²) < 4.78 is 1.14. The van der Waals surface area contributed by atoms with Gasteiger partial charge in [-0.15, -0.1) is 11.3 Å². The summed E-state index contributed by atoms with van der Waals surface area (Å²) in [4.78, 5) is 1.38. The highest BCUT2D eigenvalue weighted by Crippen LogP contribution is 2.29. The van der Waals surface area contributed by atoms with Gasteiger partial charge >= 0.3 is 0 Å². The van der Waals surface area contributed by atoms with Crippen molar-refractivity contribution in [1.82, 2.24) is 0 Å². The Hall–Kier alpha value is -0.600.